The van der Waals surface area contributed by atoms with Crippen LogP contribution in [-0.2, 0) is 13.2 Å². The molecule has 0 fully saturated rings. The quantitative estimate of drug-likeness (QED) is 0.670. The molecule has 0 radical (unpaired) electrons. The van der Waals surface area contributed by atoms with Gasteiger partial charge in [-0.05, 0) is 39.0 Å². The Morgan fingerprint density at radius 1 is 1.25 bits per heavy atom. The van der Waals surface area contributed by atoms with E-state index in [-0.39, 0.29) is 29.9 Å². The maximum absolute atomic E-state index is 13.2. The van der Waals surface area contributed by atoms with E-state index < -0.39 is 17.5 Å². The van der Waals surface area contributed by atoms with Gasteiger partial charge in [0, 0.05) is 23.9 Å². The molecule has 1 aromatic carbocycles. The van der Waals surface area contributed by atoms with Crippen LogP contribution in [-0.4, -0.2) is 26.9 Å². The minimum Gasteiger partial charge on any atom is -0.485 e. The number of amides is 1. The Labute approximate surface area is 160 Å². The summed E-state index contributed by atoms with van der Waals surface area (Å²) >= 11 is 0. The van der Waals surface area contributed by atoms with Gasteiger partial charge in [0.25, 0.3) is 5.91 Å². The fourth-order valence-corrected chi connectivity index (χ4v) is 2.67. The SMILES string of the molecule is Cc1cc(C)n(CC(C)NC(=O)c2cc(COc3ccc(F)c(F)c3)on2)n1. The number of halogens is 2. The number of aromatic nitrogens is 3. The van der Waals surface area contributed by atoms with Crippen molar-refractivity contribution in [3.05, 3.63) is 64.8 Å². The first-order valence-corrected chi connectivity index (χ1v) is 8.67. The summed E-state index contributed by atoms with van der Waals surface area (Å²) < 4.78 is 38.3. The van der Waals surface area contributed by atoms with Crippen LogP contribution in [0.4, 0.5) is 8.78 Å². The van der Waals surface area contributed by atoms with Gasteiger partial charge < -0.3 is 14.6 Å². The lowest BCUT2D eigenvalue weighted by Gasteiger charge is -2.14. The highest BCUT2D eigenvalue weighted by Crippen LogP contribution is 2.17. The molecule has 9 heteroatoms. The first-order chi connectivity index (χ1) is 13.3. The van der Waals surface area contributed by atoms with E-state index in [0.717, 1.165) is 23.5 Å². The van der Waals surface area contributed by atoms with E-state index in [9.17, 15) is 13.6 Å². The van der Waals surface area contributed by atoms with Gasteiger partial charge in [0.2, 0.25) is 0 Å². The van der Waals surface area contributed by atoms with Crippen LogP contribution in [0.1, 0.15) is 34.6 Å². The summed E-state index contributed by atoms with van der Waals surface area (Å²) in [5.41, 5.74) is 2.03. The summed E-state index contributed by atoms with van der Waals surface area (Å²) in [6, 6.07) is 6.41. The van der Waals surface area contributed by atoms with Crippen LogP contribution in [0.5, 0.6) is 5.75 Å². The van der Waals surface area contributed by atoms with Gasteiger partial charge in [0.05, 0.1) is 12.2 Å². The van der Waals surface area contributed by atoms with Crippen LogP contribution in [0, 0.1) is 25.5 Å². The average Bonchev–Trinajstić information content (AvgIpc) is 3.22. The van der Waals surface area contributed by atoms with Crippen molar-refractivity contribution in [2.45, 2.75) is 40.0 Å². The number of rotatable bonds is 7. The van der Waals surface area contributed by atoms with Gasteiger partial charge in [-0.3, -0.25) is 9.48 Å². The Morgan fingerprint density at radius 2 is 2.04 bits per heavy atom. The molecule has 0 spiro atoms. The molecule has 1 N–H and O–H groups in total. The van der Waals surface area contributed by atoms with Crippen LogP contribution >= 0.6 is 0 Å². The van der Waals surface area contributed by atoms with Crippen molar-refractivity contribution in [2.24, 2.45) is 0 Å². The van der Waals surface area contributed by atoms with Crippen LogP contribution < -0.4 is 10.1 Å². The zero-order valence-corrected chi connectivity index (χ0v) is 15.7. The Balaban J connectivity index is 1.54. The van der Waals surface area contributed by atoms with E-state index in [0.29, 0.717) is 6.54 Å². The zero-order valence-electron chi connectivity index (χ0n) is 15.7. The molecule has 1 unspecified atom stereocenters. The molecule has 148 valence electrons. The Morgan fingerprint density at radius 3 is 2.71 bits per heavy atom. The first kappa shape index (κ1) is 19.5. The predicted octanol–water partition coefficient (Wildman–Crippen LogP) is 3.16. The second kappa shape index (κ2) is 8.20. The third-order valence-electron chi connectivity index (χ3n) is 3.99. The lowest BCUT2D eigenvalue weighted by atomic mass is 10.3. The van der Waals surface area contributed by atoms with Gasteiger partial charge in [0.15, 0.2) is 23.1 Å². The topological polar surface area (TPSA) is 82.2 Å². The van der Waals surface area contributed by atoms with Gasteiger partial charge in [-0.1, -0.05) is 5.16 Å². The number of benzene rings is 1. The van der Waals surface area contributed by atoms with Crippen molar-refractivity contribution < 1.29 is 22.8 Å². The minimum absolute atomic E-state index is 0.0767. The molecule has 0 bridgehead atoms. The smallest absolute Gasteiger partial charge is 0.273 e. The second-order valence-electron chi connectivity index (χ2n) is 6.53. The molecule has 28 heavy (non-hydrogen) atoms. The van der Waals surface area contributed by atoms with E-state index in [2.05, 4.69) is 15.6 Å². The lowest BCUT2D eigenvalue weighted by Crippen LogP contribution is -2.36. The first-order valence-electron chi connectivity index (χ1n) is 8.67. The predicted molar refractivity (Wildman–Crippen MR) is 95.8 cm³/mol. The average molecular weight is 390 g/mol. The molecule has 0 saturated heterocycles. The largest absolute Gasteiger partial charge is 0.485 e. The number of carbonyl (C=O) groups excluding carboxylic acids is 1. The highest BCUT2D eigenvalue weighted by molar-refractivity contribution is 5.92. The van der Waals surface area contributed by atoms with Crippen molar-refractivity contribution >= 4 is 5.91 Å². The molecular formula is C19H20F2N4O3. The number of nitrogens with one attached hydrogen (secondary N) is 1. The standard InChI is InChI=1S/C19H20F2N4O3/c1-11-6-13(3)25(23-11)9-12(2)22-19(26)18-8-15(28-24-18)10-27-14-4-5-16(20)17(21)7-14/h4-8,12H,9-10H2,1-3H3,(H,22,26). The van der Waals surface area contributed by atoms with E-state index in [4.69, 9.17) is 9.26 Å². The summed E-state index contributed by atoms with van der Waals surface area (Å²) in [6.45, 7) is 6.17. The van der Waals surface area contributed by atoms with E-state index in [1.807, 2.05) is 31.5 Å². The maximum Gasteiger partial charge on any atom is 0.273 e. The number of nitrogens with zero attached hydrogens (tertiary/aromatic N) is 3. The van der Waals surface area contributed by atoms with Crippen LogP contribution in [0.3, 0.4) is 0 Å². The number of hydrogen-bond acceptors (Lipinski definition) is 5. The lowest BCUT2D eigenvalue weighted by molar-refractivity contribution is 0.0926. The van der Waals surface area contributed by atoms with Gasteiger partial charge in [-0.2, -0.15) is 5.10 Å². The maximum atomic E-state index is 13.2. The monoisotopic (exact) mass is 390 g/mol. The molecule has 0 aliphatic heterocycles. The van der Waals surface area contributed by atoms with Crippen LogP contribution in [0.15, 0.2) is 34.9 Å². The molecular weight excluding hydrogens is 370 g/mol. The third-order valence-corrected chi connectivity index (χ3v) is 3.99. The molecule has 1 amide bonds. The van der Waals surface area contributed by atoms with Crippen LogP contribution in [0.25, 0.3) is 0 Å². The molecule has 1 atom stereocenters. The Hall–Kier alpha value is -3.23. The highest BCUT2D eigenvalue weighted by atomic mass is 19.2. The van der Waals surface area contributed by atoms with E-state index in [1.165, 1.54) is 12.1 Å². The Kier molecular flexibility index (Phi) is 5.72. The summed E-state index contributed by atoms with van der Waals surface area (Å²) in [5, 5.41) is 10.9. The van der Waals surface area contributed by atoms with Gasteiger partial charge in [-0.15, -0.1) is 0 Å². The fourth-order valence-electron chi connectivity index (χ4n) is 2.67. The van der Waals surface area contributed by atoms with Crippen molar-refractivity contribution in [2.75, 3.05) is 0 Å². The summed E-state index contributed by atoms with van der Waals surface area (Å²) in [5.74, 6) is -1.94. The molecule has 0 saturated carbocycles. The van der Waals surface area contributed by atoms with Gasteiger partial charge in [-0.25, -0.2) is 8.78 Å². The highest BCUT2D eigenvalue weighted by Gasteiger charge is 2.16. The van der Waals surface area contributed by atoms with E-state index >= 15 is 0 Å². The van der Waals surface area contributed by atoms with Gasteiger partial charge >= 0.3 is 0 Å². The minimum atomic E-state index is -1.01. The summed E-state index contributed by atoms with van der Waals surface area (Å²) in [6.07, 6.45) is 0. The third kappa shape index (κ3) is 4.73. The van der Waals surface area contributed by atoms with Gasteiger partial charge in [0.1, 0.15) is 12.4 Å². The molecule has 0 aliphatic carbocycles. The summed E-state index contributed by atoms with van der Waals surface area (Å²) in [4.78, 5) is 12.3. The molecule has 3 rings (SSSR count). The molecule has 3 aromatic rings. The molecule has 0 aliphatic rings. The number of ether oxygens (including phenoxy) is 1. The van der Waals surface area contributed by atoms with Crippen molar-refractivity contribution in [3.8, 4) is 5.75 Å². The number of aryl methyl sites for hydroxylation is 2. The van der Waals surface area contributed by atoms with Crippen molar-refractivity contribution in [3.63, 3.8) is 0 Å². The molecule has 2 heterocycles. The normalized spacial score (nSPS) is 12.0. The van der Waals surface area contributed by atoms with Crippen molar-refractivity contribution in [1.29, 1.82) is 0 Å². The number of carbonyl (C=O) groups is 1. The number of hydrogen-bond donors (Lipinski definition) is 1. The molecule has 7 nitrogen and oxygen atoms in total. The van der Waals surface area contributed by atoms with E-state index in [1.54, 1.807) is 0 Å². The van der Waals surface area contributed by atoms with Crippen LogP contribution in [0.2, 0.25) is 0 Å². The summed E-state index contributed by atoms with van der Waals surface area (Å²) in [7, 11) is 0. The Bertz CT molecular complexity index is 983. The second-order valence-corrected chi connectivity index (χ2v) is 6.53. The zero-order chi connectivity index (χ0) is 20.3. The fraction of sp³-hybridized carbons (Fsp3) is 0.316. The van der Waals surface area contributed by atoms with Crippen molar-refractivity contribution in [1.82, 2.24) is 20.3 Å². The molecule has 2 aromatic heterocycles.